The molecule has 3 aromatic rings. The van der Waals surface area contributed by atoms with E-state index in [1.807, 2.05) is 39.0 Å². The number of carbonyl (C=O) groups excluding carboxylic acids is 1. The van der Waals surface area contributed by atoms with E-state index in [1.165, 1.54) is 23.5 Å². The van der Waals surface area contributed by atoms with Gasteiger partial charge in [0.15, 0.2) is 0 Å². The molecular weight excluding hydrogens is 619 g/mol. The number of nitrogens with zero attached hydrogens (tertiary/aromatic N) is 2. The summed E-state index contributed by atoms with van der Waals surface area (Å²) >= 11 is 5.86. The van der Waals surface area contributed by atoms with Gasteiger partial charge in [0.2, 0.25) is 5.91 Å². The van der Waals surface area contributed by atoms with Crippen LogP contribution in [0.3, 0.4) is 0 Å². The molecule has 254 valence electrons. The van der Waals surface area contributed by atoms with Crippen molar-refractivity contribution >= 4 is 35.1 Å². The van der Waals surface area contributed by atoms with Crippen molar-refractivity contribution in [1.29, 1.82) is 0 Å². The third-order valence-electron chi connectivity index (χ3n) is 6.83. The molecule has 4 N–H and O–H groups in total. The summed E-state index contributed by atoms with van der Waals surface area (Å²) in [7, 11) is 0. The van der Waals surface area contributed by atoms with E-state index in [9.17, 15) is 14.0 Å². The summed E-state index contributed by atoms with van der Waals surface area (Å²) in [5, 5.41) is 12.2. The van der Waals surface area contributed by atoms with Crippen molar-refractivity contribution in [2.24, 2.45) is 0 Å². The average Bonchev–Trinajstić information content (AvgIpc) is 3.29. The molecule has 1 aromatic heterocycles. The van der Waals surface area contributed by atoms with Gasteiger partial charge in [-0.05, 0) is 80.5 Å². The van der Waals surface area contributed by atoms with Crippen molar-refractivity contribution in [3.8, 4) is 12.8 Å². The van der Waals surface area contributed by atoms with E-state index in [-0.39, 0.29) is 29.7 Å². The van der Waals surface area contributed by atoms with E-state index in [0.29, 0.717) is 28.7 Å². The second-order valence-corrected chi connectivity index (χ2v) is 11.1. The van der Waals surface area contributed by atoms with Gasteiger partial charge in [0, 0.05) is 5.02 Å². The minimum atomic E-state index is -1.26. The van der Waals surface area contributed by atoms with Gasteiger partial charge in [0.1, 0.15) is 34.5 Å². The number of nitrogens with two attached hydrogens (primary N) is 1. The molecule has 47 heavy (non-hydrogen) atoms. The standard InChI is InChI=1S/C15H18N4O4.C10H13Cl.C8H9F.C2H6.C2H2/c1-7(5-10(20)21)6-23-8(2)15(4)11-12(16)17-9(3)18-13(11)19-14(15)22;1-7(2)10-6-9(11)5-4-8(10)3;1-2-7-5-3-4-6-8(7)9;2*1-2/h6H,2,5H2,1,3-4H3,(H,20,21)(H3,16,17,18,19,22);4-7H,1-3H3;3-6H,2H2,1H3;1-2H3;1-2H/b7-6+;;;;. The maximum absolute atomic E-state index is 12.6. The molecule has 4 rings (SSSR count). The number of nitrogens with one attached hydrogen (secondary N) is 1. The lowest BCUT2D eigenvalue weighted by atomic mass is 9.83. The van der Waals surface area contributed by atoms with Crippen LogP contribution < -0.4 is 11.1 Å². The molecule has 0 bridgehead atoms. The quantitative estimate of drug-likeness (QED) is 0.170. The second kappa shape index (κ2) is 20.4. The van der Waals surface area contributed by atoms with Crippen LogP contribution in [0.25, 0.3) is 0 Å². The minimum absolute atomic E-state index is 0.0972. The highest BCUT2D eigenvalue weighted by Gasteiger charge is 2.49. The smallest absolute Gasteiger partial charge is 0.307 e. The maximum atomic E-state index is 12.6. The SMILES string of the molecule is C#C.C=C(O/C=C(\C)CC(=O)O)C1(C)C(=O)Nc2nc(C)nc(N)c21.CC.CCc1ccccc1F.Cc1ccc(Cl)cc1C(C)C. The molecule has 10 heteroatoms. The zero-order valence-electron chi connectivity index (χ0n) is 28.9. The molecule has 1 aliphatic heterocycles. The molecule has 0 radical (unpaired) electrons. The Bertz CT molecular complexity index is 1570. The van der Waals surface area contributed by atoms with Crippen LogP contribution >= 0.6 is 11.6 Å². The summed E-state index contributed by atoms with van der Waals surface area (Å²) in [4.78, 5) is 31.3. The van der Waals surface area contributed by atoms with Crippen molar-refractivity contribution in [3.05, 3.63) is 106 Å². The van der Waals surface area contributed by atoms with Gasteiger partial charge in [-0.2, -0.15) is 0 Å². The number of hydrogen-bond acceptors (Lipinski definition) is 6. The number of aryl methyl sites for hydroxylation is 3. The fraction of sp³-hybridized carbons (Fsp3) is 0.351. The van der Waals surface area contributed by atoms with Crippen LogP contribution in [0.2, 0.25) is 5.02 Å². The van der Waals surface area contributed by atoms with E-state index in [1.54, 1.807) is 32.9 Å². The highest BCUT2D eigenvalue weighted by Crippen LogP contribution is 2.44. The Morgan fingerprint density at radius 3 is 2.28 bits per heavy atom. The van der Waals surface area contributed by atoms with Crippen molar-refractivity contribution in [3.63, 3.8) is 0 Å². The van der Waals surface area contributed by atoms with E-state index in [0.717, 1.165) is 17.0 Å². The molecule has 0 aliphatic carbocycles. The van der Waals surface area contributed by atoms with Crippen LogP contribution in [-0.2, 0) is 26.2 Å². The van der Waals surface area contributed by atoms with Crippen LogP contribution in [0.5, 0.6) is 0 Å². The average molecular weight is 667 g/mol. The maximum Gasteiger partial charge on any atom is 0.307 e. The molecule has 1 atom stereocenters. The van der Waals surface area contributed by atoms with E-state index in [4.69, 9.17) is 27.2 Å². The normalized spacial score (nSPS) is 14.3. The first-order chi connectivity index (χ1) is 22.1. The van der Waals surface area contributed by atoms with Crippen LogP contribution in [0, 0.1) is 32.5 Å². The summed E-state index contributed by atoms with van der Waals surface area (Å²) in [6, 6.07) is 12.9. The minimum Gasteiger partial charge on any atom is -0.481 e. The fourth-order valence-electron chi connectivity index (χ4n) is 4.38. The van der Waals surface area contributed by atoms with E-state index < -0.39 is 11.4 Å². The van der Waals surface area contributed by atoms with Gasteiger partial charge in [-0.1, -0.05) is 77.1 Å². The first-order valence-corrected chi connectivity index (χ1v) is 15.5. The van der Waals surface area contributed by atoms with Gasteiger partial charge < -0.3 is 20.9 Å². The van der Waals surface area contributed by atoms with Gasteiger partial charge >= 0.3 is 5.97 Å². The topological polar surface area (TPSA) is 127 Å². The number of amides is 1. The summed E-state index contributed by atoms with van der Waals surface area (Å²) in [6.07, 6.45) is 9.86. The Balaban J connectivity index is 0.000000730. The number of nitrogen functional groups attached to an aromatic ring is 1. The first-order valence-electron chi connectivity index (χ1n) is 15.1. The lowest BCUT2D eigenvalue weighted by molar-refractivity contribution is -0.136. The number of hydrogen-bond donors (Lipinski definition) is 3. The van der Waals surface area contributed by atoms with Crippen LogP contribution in [0.1, 0.15) is 88.9 Å². The van der Waals surface area contributed by atoms with Gasteiger partial charge in [0.25, 0.3) is 0 Å². The van der Waals surface area contributed by atoms with E-state index in [2.05, 4.69) is 61.5 Å². The molecular formula is C37H48ClFN4O4. The fourth-order valence-corrected chi connectivity index (χ4v) is 4.56. The number of rotatable bonds is 7. The van der Waals surface area contributed by atoms with Crippen LogP contribution in [0.15, 0.2) is 66.6 Å². The van der Waals surface area contributed by atoms with Crippen molar-refractivity contribution in [2.45, 2.75) is 86.5 Å². The number of aliphatic carboxylic acids is 1. The summed E-state index contributed by atoms with van der Waals surface area (Å²) in [5.41, 5.74) is 9.02. The number of carboxylic acid groups (broad SMARTS) is 1. The van der Waals surface area contributed by atoms with E-state index >= 15 is 0 Å². The zero-order valence-corrected chi connectivity index (χ0v) is 29.6. The number of halogens is 2. The summed E-state index contributed by atoms with van der Waals surface area (Å²) in [6.45, 7) is 21.1. The third kappa shape index (κ3) is 12.2. The highest BCUT2D eigenvalue weighted by atomic mass is 35.5. The lowest BCUT2D eigenvalue weighted by Gasteiger charge is -2.24. The number of carbonyl (C=O) groups is 2. The van der Waals surface area contributed by atoms with Gasteiger partial charge in [0.05, 0.1) is 18.2 Å². The molecule has 2 aromatic carbocycles. The molecule has 8 nitrogen and oxygen atoms in total. The predicted molar refractivity (Wildman–Crippen MR) is 191 cm³/mol. The predicted octanol–water partition coefficient (Wildman–Crippen LogP) is 8.92. The van der Waals surface area contributed by atoms with Gasteiger partial charge in [-0.3, -0.25) is 9.59 Å². The molecule has 1 aliphatic rings. The van der Waals surface area contributed by atoms with Gasteiger partial charge in [-0.25, -0.2) is 14.4 Å². The number of fused-ring (bicyclic) bond motifs is 1. The van der Waals surface area contributed by atoms with Gasteiger partial charge in [-0.15, -0.1) is 12.8 Å². The molecule has 0 saturated heterocycles. The second-order valence-electron chi connectivity index (χ2n) is 10.6. The molecule has 0 fully saturated rings. The lowest BCUT2D eigenvalue weighted by Crippen LogP contribution is -2.34. The Morgan fingerprint density at radius 1 is 1.19 bits per heavy atom. The number of benzene rings is 2. The Morgan fingerprint density at radius 2 is 1.79 bits per heavy atom. The van der Waals surface area contributed by atoms with Crippen molar-refractivity contribution < 1.29 is 23.8 Å². The summed E-state index contributed by atoms with van der Waals surface area (Å²) in [5.74, 6) is 0.160. The van der Waals surface area contributed by atoms with Crippen molar-refractivity contribution in [2.75, 3.05) is 11.1 Å². The highest BCUT2D eigenvalue weighted by molar-refractivity contribution is 6.30. The Kier molecular flexibility index (Phi) is 18.4. The monoisotopic (exact) mass is 666 g/mol. The molecule has 2 heterocycles. The van der Waals surface area contributed by atoms with Crippen LogP contribution in [0.4, 0.5) is 16.0 Å². The number of aromatic nitrogens is 2. The number of anilines is 2. The largest absolute Gasteiger partial charge is 0.481 e. The zero-order chi connectivity index (χ0) is 36.5. The Labute approximate surface area is 284 Å². The van der Waals surface area contributed by atoms with Crippen molar-refractivity contribution in [1.82, 2.24) is 9.97 Å². The molecule has 1 unspecified atom stereocenters. The first kappa shape index (κ1) is 42.3. The number of ether oxygens (including phenoxy) is 1. The molecule has 1 amide bonds. The van der Waals surface area contributed by atoms with Crippen LogP contribution in [-0.4, -0.2) is 27.0 Å². The molecule has 0 saturated carbocycles. The summed E-state index contributed by atoms with van der Waals surface area (Å²) < 4.78 is 18.0. The number of carboxylic acids is 1. The Hall–Kier alpha value is -4.68. The third-order valence-corrected chi connectivity index (χ3v) is 7.06. The number of terminal acetylenes is 1. The molecule has 0 spiro atoms.